The number of hydrogen-bond acceptors (Lipinski definition) is 4. The Morgan fingerprint density at radius 2 is 1.96 bits per heavy atom. The number of benzene rings is 1. The summed E-state index contributed by atoms with van der Waals surface area (Å²) in [5.41, 5.74) is 2.81. The minimum absolute atomic E-state index is 0.615. The van der Waals surface area contributed by atoms with E-state index in [-0.39, 0.29) is 0 Å². The zero-order chi connectivity index (χ0) is 17.1. The second kappa shape index (κ2) is 11.0. The Bertz CT molecular complexity index is 511. The van der Waals surface area contributed by atoms with Crippen molar-refractivity contribution in [2.75, 3.05) is 40.0 Å². The van der Waals surface area contributed by atoms with Gasteiger partial charge in [0.2, 0.25) is 0 Å². The number of allylic oxidation sites excluding steroid dienone is 2. The molecule has 0 saturated heterocycles. The van der Waals surface area contributed by atoms with E-state index in [9.17, 15) is 4.79 Å². The van der Waals surface area contributed by atoms with E-state index in [4.69, 9.17) is 9.47 Å². The summed E-state index contributed by atoms with van der Waals surface area (Å²) < 4.78 is 11.1. The summed E-state index contributed by atoms with van der Waals surface area (Å²) in [4.78, 5) is 13.3. The number of ether oxygens (including phenoxy) is 2. The maximum atomic E-state index is 11.0. The number of nitrogens with zero attached hydrogens (tertiary/aromatic N) is 1. The molecule has 0 atom stereocenters. The van der Waals surface area contributed by atoms with Crippen molar-refractivity contribution >= 4 is 11.9 Å². The van der Waals surface area contributed by atoms with Crippen LogP contribution in [0.3, 0.4) is 0 Å². The average Bonchev–Trinajstić information content (AvgIpc) is 2.58. The highest BCUT2D eigenvalue weighted by atomic mass is 16.5. The minimum atomic E-state index is 0.615. The normalized spacial score (nSPS) is 11.8. The van der Waals surface area contributed by atoms with Gasteiger partial charge in [-0.2, -0.15) is 0 Å². The molecule has 0 aromatic heterocycles. The zero-order valence-corrected chi connectivity index (χ0v) is 14.8. The van der Waals surface area contributed by atoms with Gasteiger partial charge in [0.05, 0.1) is 6.61 Å². The van der Waals surface area contributed by atoms with Crippen molar-refractivity contribution in [2.45, 2.75) is 27.2 Å². The molecule has 1 aromatic carbocycles. The smallest absolute Gasteiger partial charge is 0.150 e. The van der Waals surface area contributed by atoms with Gasteiger partial charge in [0.25, 0.3) is 0 Å². The maximum absolute atomic E-state index is 11.0. The van der Waals surface area contributed by atoms with E-state index in [2.05, 4.69) is 31.7 Å². The summed E-state index contributed by atoms with van der Waals surface area (Å²) in [5.74, 6) is 0.834. The first kappa shape index (κ1) is 19.4. The van der Waals surface area contributed by atoms with Gasteiger partial charge in [-0.1, -0.05) is 19.9 Å². The highest BCUT2D eigenvalue weighted by Gasteiger charge is 2.08. The molecule has 0 heterocycles. The average molecular weight is 319 g/mol. The molecule has 0 aliphatic carbocycles. The Morgan fingerprint density at radius 3 is 2.57 bits per heavy atom. The number of methoxy groups -OCH3 is 1. The molecule has 128 valence electrons. The van der Waals surface area contributed by atoms with E-state index >= 15 is 0 Å². The van der Waals surface area contributed by atoms with Crippen LogP contribution in [0.5, 0.6) is 5.75 Å². The monoisotopic (exact) mass is 319 g/mol. The number of aldehydes is 1. The van der Waals surface area contributed by atoms with E-state index in [0.29, 0.717) is 12.2 Å². The summed E-state index contributed by atoms with van der Waals surface area (Å²) in [7, 11) is 1.72. The van der Waals surface area contributed by atoms with E-state index in [1.54, 1.807) is 13.2 Å². The van der Waals surface area contributed by atoms with E-state index < -0.39 is 0 Å². The number of rotatable bonds is 11. The van der Waals surface area contributed by atoms with Gasteiger partial charge in [-0.25, -0.2) is 0 Å². The first-order valence-electron chi connectivity index (χ1n) is 8.26. The lowest BCUT2D eigenvalue weighted by Gasteiger charge is -2.20. The molecule has 1 rings (SSSR count). The summed E-state index contributed by atoms with van der Waals surface area (Å²) in [6.45, 7) is 10.4. The molecule has 0 aliphatic rings. The van der Waals surface area contributed by atoms with Crippen LogP contribution in [0.15, 0.2) is 24.3 Å². The van der Waals surface area contributed by atoms with Gasteiger partial charge >= 0.3 is 0 Å². The fourth-order valence-electron chi connectivity index (χ4n) is 2.40. The topological polar surface area (TPSA) is 38.8 Å². The third kappa shape index (κ3) is 6.55. The molecular weight excluding hydrogens is 290 g/mol. The zero-order valence-electron chi connectivity index (χ0n) is 14.8. The molecule has 23 heavy (non-hydrogen) atoms. The van der Waals surface area contributed by atoms with Crippen LogP contribution in [0.2, 0.25) is 0 Å². The quantitative estimate of drug-likeness (QED) is 0.584. The lowest BCUT2D eigenvalue weighted by Crippen LogP contribution is -2.31. The van der Waals surface area contributed by atoms with E-state index in [0.717, 1.165) is 55.8 Å². The Hall–Kier alpha value is -1.65. The van der Waals surface area contributed by atoms with Crippen LogP contribution in [-0.4, -0.2) is 51.1 Å². The molecule has 0 aliphatic heterocycles. The highest BCUT2D eigenvalue weighted by molar-refractivity contribution is 5.80. The number of carbonyl (C=O) groups is 1. The van der Waals surface area contributed by atoms with Crippen molar-refractivity contribution in [2.24, 2.45) is 0 Å². The molecule has 1 aromatic rings. The second-order valence-electron chi connectivity index (χ2n) is 5.44. The molecule has 4 heteroatoms. The Labute approximate surface area is 140 Å². The molecule has 0 bridgehead atoms. The molecule has 0 saturated carbocycles. The predicted molar refractivity (Wildman–Crippen MR) is 95.3 cm³/mol. The fourth-order valence-corrected chi connectivity index (χ4v) is 2.40. The van der Waals surface area contributed by atoms with Gasteiger partial charge in [0.15, 0.2) is 0 Å². The Balaban J connectivity index is 2.75. The van der Waals surface area contributed by atoms with Crippen molar-refractivity contribution < 1.29 is 14.3 Å². The molecule has 0 N–H and O–H groups in total. The summed E-state index contributed by atoms with van der Waals surface area (Å²) >= 11 is 0. The number of likely N-dealkylation sites (N-methyl/N-ethyl adjacent to an activating group) is 1. The lowest BCUT2D eigenvalue weighted by atomic mass is 10.0. The van der Waals surface area contributed by atoms with Crippen molar-refractivity contribution in [3.63, 3.8) is 0 Å². The van der Waals surface area contributed by atoms with Crippen LogP contribution in [-0.2, 0) is 4.74 Å². The van der Waals surface area contributed by atoms with Gasteiger partial charge in [-0.05, 0) is 43.7 Å². The first-order chi connectivity index (χ1) is 11.2. The number of hydrogen-bond donors (Lipinski definition) is 0. The fraction of sp³-hybridized carbons (Fsp3) is 0.526. The van der Waals surface area contributed by atoms with Crippen molar-refractivity contribution in [3.8, 4) is 5.75 Å². The van der Waals surface area contributed by atoms with Gasteiger partial charge in [-0.15, -0.1) is 0 Å². The Morgan fingerprint density at radius 1 is 1.22 bits per heavy atom. The summed E-state index contributed by atoms with van der Waals surface area (Å²) in [6.07, 6.45) is 3.97. The van der Waals surface area contributed by atoms with Crippen LogP contribution in [0.25, 0.3) is 5.57 Å². The van der Waals surface area contributed by atoms with Gasteiger partial charge in [-0.3, -0.25) is 9.69 Å². The van der Waals surface area contributed by atoms with Crippen molar-refractivity contribution in [3.05, 3.63) is 35.4 Å². The standard InChI is InChI=1S/C19H29NO3/c1-5-7-16(3)18-14-17(15-21)8-9-19(18)23-13-11-20(6-2)10-12-22-4/h7-9,14-15H,5-6,10-13H2,1-4H3/b16-7+. The Kier molecular flexibility index (Phi) is 9.25. The first-order valence-corrected chi connectivity index (χ1v) is 8.26. The van der Waals surface area contributed by atoms with E-state index in [1.165, 1.54) is 0 Å². The lowest BCUT2D eigenvalue weighted by molar-refractivity contribution is 0.112. The van der Waals surface area contributed by atoms with Gasteiger partial charge < -0.3 is 9.47 Å². The highest BCUT2D eigenvalue weighted by Crippen LogP contribution is 2.27. The molecule has 0 radical (unpaired) electrons. The second-order valence-corrected chi connectivity index (χ2v) is 5.44. The van der Waals surface area contributed by atoms with Crippen LogP contribution in [0.4, 0.5) is 0 Å². The van der Waals surface area contributed by atoms with Crippen LogP contribution < -0.4 is 4.74 Å². The van der Waals surface area contributed by atoms with Crippen molar-refractivity contribution in [1.82, 2.24) is 4.90 Å². The molecule has 0 unspecified atom stereocenters. The van der Waals surface area contributed by atoms with Crippen LogP contribution in [0, 0.1) is 0 Å². The molecule has 0 spiro atoms. The third-order valence-electron chi connectivity index (χ3n) is 3.80. The summed E-state index contributed by atoms with van der Waals surface area (Å²) in [5, 5.41) is 0. The van der Waals surface area contributed by atoms with Crippen molar-refractivity contribution in [1.29, 1.82) is 0 Å². The predicted octanol–water partition coefficient (Wildman–Crippen LogP) is 3.66. The minimum Gasteiger partial charge on any atom is -0.492 e. The molecular formula is C19H29NO3. The third-order valence-corrected chi connectivity index (χ3v) is 3.80. The van der Waals surface area contributed by atoms with Gasteiger partial charge in [0, 0.05) is 31.3 Å². The van der Waals surface area contributed by atoms with Crippen LogP contribution in [0.1, 0.15) is 43.1 Å². The summed E-state index contributed by atoms with van der Waals surface area (Å²) in [6, 6.07) is 5.58. The molecule has 4 nitrogen and oxygen atoms in total. The largest absolute Gasteiger partial charge is 0.492 e. The SMILES string of the molecule is CC/C=C(\C)c1cc(C=O)ccc1OCCN(CC)CCOC. The number of carbonyl (C=O) groups excluding carboxylic acids is 1. The maximum Gasteiger partial charge on any atom is 0.150 e. The van der Waals surface area contributed by atoms with Crippen LogP contribution >= 0.6 is 0 Å². The van der Waals surface area contributed by atoms with E-state index in [1.807, 2.05) is 12.1 Å². The molecule has 0 fully saturated rings. The molecule has 0 amide bonds. The van der Waals surface area contributed by atoms with Gasteiger partial charge in [0.1, 0.15) is 18.6 Å².